The van der Waals surface area contributed by atoms with E-state index in [-0.39, 0.29) is 0 Å². The van der Waals surface area contributed by atoms with Gasteiger partial charge in [0.15, 0.2) is 0 Å². The molecule has 3 unspecified atom stereocenters. The Labute approximate surface area is 172 Å². The zero-order valence-electron chi connectivity index (χ0n) is 17.4. The van der Waals surface area contributed by atoms with Crippen LogP contribution in [0.4, 0.5) is 5.82 Å². The minimum absolute atomic E-state index is 0.563. The standard InChI is InChI=1S/C23H31N5O/c1-13-7-16(10-25-22(13)24)20-11-28(23(26-20)15-3-4-15)21-18-8-17(9-19(18)21)27-5-6-29-12-14(27)2/h7,10-11,14-15,17-19,21H,3-6,8-9,12H2,1-2H3,(H2,24,25)/t14?,17?,18-,19+,21?. The van der Waals surface area contributed by atoms with Crippen molar-refractivity contribution in [3.8, 4) is 11.3 Å². The molecule has 29 heavy (non-hydrogen) atoms. The predicted octanol–water partition coefficient (Wildman–Crippen LogP) is 3.38. The molecule has 154 valence electrons. The maximum absolute atomic E-state index is 5.92. The number of morpholine rings is 1. The summed E-state index contributed by atoms with van der Waals surface area (Å²) in [5, 5.41) is 0. The number of anilines is 1. The average molecular weight is 394 g/mol. The molecule has 0 amide bonds. The minimum atomic E-state index is 0.563. The molecule has 1 saturated heterocycles. The molecular weight excluding hydrogens is 362 g/mol. The Morgan fingerprint density at radius 1 is 1.21 bits per heavy atom. The van der Waals surface area contributed by atoms with Gasteiger partial charge in [-0.2, -0.15) is 0 Å². The van der Waals surface area contributed by atoms with Crippen molar-refractivity contribution in [3.05, 3.63) is 29.8 Å². The van der Waals surface area contributed by atoms with E-state index >= 15 is 0 Å². The maximum Gasteiger partial charge on any atom is 0.126 e. The number of hydrogen-bond donors (Lipinski definition) is 1. The Kier molecular flexibility index (Phi) is 4.04. The van der Waals surface area contributed by atoms with Crippen molar-refractivity contribution >= 4 is 5.82 Å². The third-order valence-corrected chi connectivity index (χ3v) is 7.70. The Hall–Kier alpha value is -1.92. The molecule has 2 aromatic heterocycles. The Bertz CT molecular complexity index is 923. The van der Waals surface area contributed by atoms with Crippen molar-refractivity contribution in [3.63, 3.8) is 0 Å². The van der Waals surface area contributed by atoms with E-state index in [0.717, 1.165) is 54.5 Å². The number of nitrogens with two attached hydrogens (primary N) is 1. The topological polar surface area (TPSA) is 69.2 Å². The molecular formula is C23H31N5O. The van der Waals surface area contributed by atoms with Crippen LogP contribution in [-0.2, 0) is 4.74 Å². The second-order valence-corrected chi connectivity index (χ2v) is 9.70. The highest BCUT2D eigenvalue weighted by Gasteiger charge is 2.59. The largest absolute Gasteiger partial charge is 0.383 e. The van der Waals surface area contributed by atoms with Crippen LogP contribution in [-0.4, -0.2) is 51.3 Å². The molecule has 3 aliphatic carbocycles. The van der Waals surface area contributed by atoms with E-state index in [2.05, 4.69) is 33.6 Å². The zero-order valence-corrected chi connectivity index (χ0v) is 17.4. The summed E-state index contributed by atoms with van der Waals surface area (Å²) in [6.45, 7) is 7.22. The highest BCUT2D eigenvalue weighted by atomic mass is 16.5. The van der Waals surface area contributed by atoms with E-state index < -0.39 is 0 Å². The fraction of sp³-hybridized carbons (Fsp3) is 0.652. The highest BCUT2D eigenvalue weighted by Crippen LogP contribution is 2.63. The van der Waals surface area contributed by atoms with Crippen LogP contribution in [0, 0.1) is 18.8 Å². The molecule has 0 bridgehead atoms. The van der Waals surface area contributed by atoms with Crippen LogP contribution < -0.4 is 5.73 Å². The van der Waals surface area contributed by atoms with Gasteiger partial charge in [-0.05, 0) is 63.0 Å². The zero-order chi connectivity index (χ0) is 19.7. The van der Waals surface area contributed by atoms with Crippen molar-refractivity contribution < 1.29 is 4.74 Å². The first-order valence-electron chi connectivity index (χ1n) is 11.2. The number of ether oxygens (including phenoxy) is 1. The summed E-state index contributed by atoms with van der Waals surface area (Å²) in [6, 6.07) is 4.08. The second kappa shape index (κ2) is 6.54. The molecule has 1 aliphatic heterocycles. The molecule has 4 aliphatic rings. The number of aromatic nitrogens is 3. The van der Waals surface area contributed by atoms with E-state index in [9.17, 15) is 0 Å². The molecule has 2 N–H and O–H groups in total. The summed E-state index contributed by atoms with van der Waals surface area (Å²) in [5.41, 5.74) is 9.09. The number of rotatable bonds is 4. The Balaban J connectivity index is 1.23. The first-order valence-corrected chi connectivity index (χ1v) is 11.2. The number of nitrogen functional groups attached to an aromatic ring is 1. The molecule has 2 aromatic rings. The molecule has 6 heteroatoms. The summed E-state index contributed by atoms with van der Waals surface area (Å²) in [7, 11) is 0. The van der Waals surface area contributed by atoms with Gasteiger partial charge in [0.2, 0.25) is 0 Å². The quantitative estimate of drug-likeness (QED) is 0.862. The van der Waals surface area contributed by atoms with Crippen molar-refractivity contribution in [2.75, 3.05) is 25.5 Å². The van der Waals surface area contributed by atoms with Crippen LogP contribution in [0.25, 0.3) is 11.3 Å². The van der Waals surface area contributed by atoms with E-state index in [1.807, 2.05) is 13.1 Å². The monoisotopic (exact) mass is 393 g/mol. The Morgan fingerprint density at radius 3 is 2.69 bits per heavy atom. The molecule has 4 fully saturated rings. The van der Waals surface area contributed by atoms with E-state index in [1.165, 1.54) is 31.5 Å². The normalized spacial score (nSPS) is 34.3. The van der Waals surface area contributed by atoms with Crippen molar-refractivity contribution in [1.82, 2.24) is 19.4 Å². The van der Waals surface area contributed by atoms with E-state index in [1.54, 1.807) is 0 Å². The molecule has 6 nitrogen and oxygen atoms in total. The third-order valence-electron chi connectivity index (χ3n) is 7.70. The van der Waals surface area contributed by atoms with Crippen LogP contribution >= 0.6 is 0 Å². The summed E-state index contributed by atoms with van der Waals surface area (Å²) in [4.78, 5) is 12.1. The number of hydrogen-bond acceptors (Lipinski definition) is 5. The number of aryl methyl sites for hydroxylation is 1. The summed E-state index contributed by atoms with van der Waals surface area (Å²) >= 11 is 0. The summed E-state index contributed by atoms with van der Waals surface area (Å²) < 4.78 is 8.19. The highest BCUT2D eigenvalue weighted by molar-refractivity contribution is 5.61. The van der Waals surface area contributed by atoms with Gasteiger partial charge in [0.25, 0.3) is 0 Å². The molecule has 0 radical (unpaired) electrons. The average Bonchev–Trinajstić information content (AvgIpc) is 3.59. The van der Waals surface area contributed by atoms with Crippen LogP contribution in [0.15, 0.2) is 18.5 Å². The first kappa shape index (κ1) is 17.9. The lowest BCUT2D eigenvalue weighted by atomic mass is 10.1. The lowest BCUT2D eigenvalue weighted by Crippen LogP contribution is -2.49. The van der Waals surface area contributed by atoms with Crippen molar-refractivity contribution in [1.29, 1.82) is 0 Å². The van der Waals surface area contributed by atoms with Gasteiger partial charge in [-0.15, -0.1) is 0 Å². The van der Waals surface area contributed by atoms with Gasteiger partial charge in [-0.1, -0.05) is 0 Å². The van der Waals surface area contributed by atoms with E-state index in [0.29, 0.717) is 23.8 Å². The van der Waals surface area contributed by atoms with Crippen LogP contribution in [0.3, 0.4) is 0 Å². The fourth-order valence-corrected chi connectivity index (χ4v) is 5.90. The minimum Gasteiger partial charge on any atom is -0.383 e. The number of imidazole rings is 1. The SMILES string of the molecule is Cc1cc(-c2cn(C3[C@H]4CC(N5CCOCC5C)C[C@@H]34)c(C3CC3)n2)cnc1N. The van der Waals surface area contributed by atoms with Gasteiger partial charge >= 0.3 is 0 Å². The van der Waals surface area contributed by atoms with Gasteiger partial charge in [-0.3, -0.25) is 4.90 Å². The Morgan fingerprint density at radius 2 is 2.00 bits per heavy atom. The number of fused-ring (bicyclic) bond motifs is 1. The van der Waals surface area contributed by atoms with Crippen molar-refractivity contribution in [2.24, 2.45) is 11.8 Å². The summed E-state index contributed by atoms with van der Waals surface area (Å²) in [6.07, 6.45) is 9.40. The van der Waals surface area contributed by atoms with Crippen molar-refractivity contribution in [2.45, 2.75) is 63.6 Å². The molecule has 0 spiro atoms. The van der Waals surface area contributed by atoms with Crippen LogP contribution in [0.5, 0.6) is 0 Å². The maximum atomic E-state index is 5.92. The molecule has 3 saturated carbocycles. The lowest BCUT2D eigenvalue weighted by Gasteiger charge is -2.38. The molecule has 0 aromatic carbocycles. The van der Waals surface area contributed by atoms with Crippen LogP contribution in [0.1, 0.15) is 56.0 Å². The first-order chi connectivity index (χ1) is 14.1. The molecule has 6 rings (SSSR count). The van der Waals surface area contributed by atoms with Gasteiger partial charge in [0.1, 0.15) is 11.6 Å². The smallest absolute Gasteiger partial charge is 0.126 e. The van der Waals surface area contributed by atoms with Crippen LogP contribution in [0.2, 0.25) is 0 Å². The lowest BCUT2D eigenvalue weighted by molar-refractivity contribution is -0.0236. The van der Waals surface area contributed by atoms with Gasteiger partial charge in [0, 0.05) is 48.5 Å². The third kappa shape index (κ3) is 2.99. The second-order valence-electron chi connectivity index (χ2n) is 9.70. The van der Waals surface area contributed by atoms with Gasteiger partial charge in [-0.25, -0.2) is 9.97 Å². The number of nitrogens with zero attached hydrogens (tertiary/aromatic N) is 4. The number of pyridine rings is 1. The van der Waals surface area contributed by atoms with Gasteiger partial charge < -0.3 is 15.0 Å². The fourth-order valence-electron chi connectivity index (χ4n) is 5.90. The summed E-state index contributed by atoms with van der Waals surface area (Å²) in [5.74, 6) is 4.21. The predicted molar refractivity (Wildman–Crippen MR) is 113 cm³/mol. The van der Waals surface area contributed by atoms with Gasteiger partial charge in [0.05, 0.1) is 18.9 Å². The molecule has 5 atom stereocenters. The molecule has 3 heterocycles. The van der Waals surface area contributed by atoms with E-state index in [4.69, 9.17) is 15.5 Å².